The highest BCUT2D eigenvalue weighted by Crippen LogP contribution is 2.25. The Morgan fingerprint density at radius 1 is 0.944 bits per heavy atom. The lowest BCUT2D eigenvalue weighted by Crippen LogP contribution is -2.11. The second kappa shape index (κ2) is 11.1. The van der Waals surface area contributed by atoms with Crippen molar-refractivity contribution in [2.75, 3.05) is 0 Å². The van der Waals surface area contributed by atoms with Crippen LogP contribution in [0.4, 0.5) is 4.39 Å². The first kappa shape index (κ1) is 25.0. The van der Waals surface area contributed by atoms with Crippen molar-refractivity contribution in [2.24, 2.45) is 0 Å². The van der Waals surface area contributed by atoms with Crippen molar-refractivity contribution in [3.05, 3.63) is 112 Å². The zero-order valence-electron chi connectivity index (χ0n) is 18.5. The second-order valence-electron chi connectivity index (χ2n) is 7.79. The average molecular weight is 502 g/mol. The number of ketones is 1. The van der Waals surface area contributed by atoms with E-state index in [0.29, 0.717) is 39.9 Å². The summed E-state index contributed by atoms with van der Waals surface area (Å²) >= 11 is 1.38. The molecule has 0 aliphatic carbocycles. The summed E-state index contributed by atoms with van der Waals surface area (Å²) in [5.74, 6) is 0.660. The Morgan fingerprint density at radius 3 is 2.47 bits per heavy atom. The molecule has 2 heterocycles. The highest BCUT2D eigenvalue weighted by molar-refractivity contribution is 7.98. The maximum Gasteiger partial charge on any atom is 0.258 e. The lowest BCUT2D eigenvalue weighted by molar-refractivity contribution is 0.0978. The van der Waals surface area contributed by atoms with Crippen LogP contribution in [0.25, 0.3) is 16.6 Å². The Bertz CT molecular complexity index is 1570. The Balaban J connectivity index is 0.00000304. The molecule has 2 aromatic heterocycles. The van der Waals surface area contributed by atoms with Crippen LogP contribution in [-0.2, 0) is 12.2 Å². The smallest absolute Gasteiger partial charge is 0.258 e. The van der Waals surface area contributed by atoms with Gasteiger partial charge in [0, 0.05) is 18.5 Å². The summed E-state index contributed by atoms with van der Waals surface area (Å²) in [6.45, 7) is 0. The van der Waals surface area contributed by atoms with Gasteiger partial charge in [-0.05, 0) is 36.4 Å². The number of rotatable bonds is 8. The number of aromatic amines is 1. The molecule has 0 unspecified atom stereocenters. The van der Waals surface area contributed by atoms with Gasteiger partial charge in [0.25, 0.3) is 5.56 Å². The maximum atomic E-state index is 14.0. The molecule has 0 aliphatic heterocycles. The van der Waals surface area contributed by atoms with Gasteiger partial charge < -0.3 is 4.98 Å². The third-order valence-electron chi connectivity index (χ3n) is 5.46. The van der Waals surface area contributed by atoms with E-state index in [2.05, 4.69) is 20.2 Å². The molecular weight excluding hydrogens is 477 g/mol. The van der Waals surface area contributed by atoms with Crippen LogP contribution >= 0.6 is 11.8 Å². The highest BCUT2D eigenvalue weighted by atomic mass is 32.2. The summed E-state index contributed by atoms with van der Waals surface area (Å²) in [4.78, 5) is 32.4. The van der Waals surface area contributed by atoms with Crippen LogP contribution in [0.15, 0.2) is 88.8 Å². The summed E-state index contributed by atoms with van der Waals surface area (Å²) in [5.41, 5.74) is 1.35. The van der Waals surface area contributed by atoms with Crippen LogP contribution in [0.1, 0.15) is 35.9 Å². The standard InChI is InChI=1S/C26H20FN5O2S.CH4/c27-20-12-6-4-10-18(20)22(33)14-15-24-30-31-26(32(24)17-8-2-1-3-9-17)35-16-23-28-21-13-7-5-11-19(21)25(34)29-23;/h1-13H,14-16H2,(H,28,29,34);1H4. The SMILES string of the molecule is C.O=C(CCc1nnc(SCc2nc3ccccc3c(=O)[nH]2)n1-c1ccccc1)c1ccccc1F. The van der Waals surface area contributed by atoms with Gasteiger partial charge in [-0.3, -0.25) is 14.2 Å². The Hall–Kier alpha value is -4.11. The van der Waals surface area contributed by atoms with Gasteiger partial charge in [-0.15, -0.1) is 10.2 Å². The maximum absolute atomic E-state index is 14.0. The Kier molecular flexibility index (Phi) is 7.70. The predicted octanol–water partition coefficient (Wildman–Crippen LogP) is 5.39. The number of aromatic nitrogens is 5. The van der Waals surface area contributed by atoms with Crippen LogP contribution < -0.4 is 5.56 Å². The van der Waals surface area contributed by atoms with Crippen LogP contribution in [-0.4, -0.2) is 30.5 Å². The van der Waals surface area contributed by atoms with E-state index in [1.54, 1.807) is 30.3 Å². The van der Waals surface area contributed by atoms with Crippen molar-refractivity contribution < 1.29 is 9.18 Å². The van der Waals surface area contributed by atoms with E-state index in [9.17, 15) is 14.0 Å². The normalized spacial score (nSPS) is 10.8. The van der Waals surface area contributed by atoms with Crippen LogP contribution in [0.5, 0.6) is 0 Å². The van der Waals surface area contributed by atoms with Crippen molar-refractivity contribution in [3.63, 3.8) is 0 Å². The molecule has 3 aromatic carbocycles. The molecule has 0 bridgehead atoms. The number of nitrogens with zero attached hydrogens (tertiary/aromatic N) is 4. The van der Waals surface area contributed by atoms with Gasteiger partial charge >= 0.3 is 0 Å². The minimum atomic E-state index is -0.532. The molecule has 7 nitrogen and oxygen atoms in total. The van der Waals surface area contributed by atoms with E-state index in [1.807, 2.05) is 41.0 Å². The molecular formula is C27H24FN5O2S. The van der Waals surface area contributed by atoms with Gasteiger partial charge in [0.05, 0.1) is 22.2 Å². The fourth-order valence-corrected chi connectivity index (χ4v) is 4.62. The monoisotopic (exact) mass is 501 g/mol. The Morgan fingerprint density at radius 2 is 1.67 bits per heavy atom. The molecule has 0 radical (unpaired) electrons. The largest absolute Gasteiger partial charge is 0.309 e. The molecule has 5 rings (SSSR count). The van der Waals surface area contributed by atoms with E-state index >= 15 is 0 Å². The predicted molar refractivity (Wildman–Crippen MR) is 139 cm³/mol. The molecule has 0 saturated carbocycles. The van der Waals surface area contributed by atoms with E-state index in [-0.39, 0.29) is 30.8 Å². The van der Waals surface area contributed by atoms with E-state index in [4.69, 9.17) is 0 Å². The number of fused-ring (bicyclic) bond motifs is 1. The lowest BCUT2D eigenvalue weighted by Gasteiger charge is -2.10. The minimum Gasteiger partial charge on any atom is -0.309 e. The first-order valence-electron chi connectivity index (χ1n) is 11.0. The third-order valence-corrected chi connectivity index (χ3v) is 6.40. The topological polar surface area (TPSA) is 93.5 Å². The highest BCUT2D eigenvalue weighted by Gasteiger charge is 2.18. The fraction of sp³-hybridized carbons (Fsp3) is 0.148. The van der Waals surface area contributed by atoms with Crippen molar-refractivity contribution in [3.8, 4) is 5.69 Å². The number of benzene rings is 3. The first-order valence-corrected chi connectivity index (χ1v) is 12.0. The van der Waals surface area contributed by atoms with Crippen molar-refractivity contribution in [1.82, 2.24) is 24.7 Å². The minimum absolute atomic E-state index is 0. The molecule has 0 atom stereocenters. The molecule has 0 amide bonds. The van der Waals surface area contributed by atoms with Gasteiger partial charge in [-0.2, -0.15) is 0 Å². The first-order chi connectivity index (χ1) is 17.1. The molecule has 9 heteroatoms. The number of carbonyl (C=O) groups excluding carboxylic acids is 1. The van der Waals surface area contributed by atoms with E-state index < -0.39 is 5.82 Å². The number of Topliss-reactive ketones (excluding diaryl/α,β-unsaturated/α-hetero) is 1. The van der Waals surface area contributed by atoms with Gasteiger partial charge in [-0.25, -0.2) is 9.37 Å². The second-order valence-corrected chi connectivity index (χ2v) is 8.73. The number of nitrogens with one attached hydrogen (secondary N) is 1. The van der Waals surface area contributed by atoms with Crippen LogP contribution in [0.2, 0.25) is 0 Å². The number of para-hydroxylation sites is 2. The summed E-state index contributed by atoms with van der Waals surface area (Å²) in [7, 11) is 0. The number of hydrogen-bond acceptors (Lipinski definition) is 6. The van der Waals surface area contributed by atoms with Crippen molar-refractivity contribution in [1.29, 1.82) is 0 Å². The fourth-order valence-electron chi connectivity index (χ4n) is 3.78. The van der Waals surface area contributed by atoms with Crippen LogP contribution in [0, 0.1) is 5.82 Å². The molecule has 0 fully saturated rings. The lowest BCUT2D eigenvalue weighted by atomic mass is 10.1. The summed E-state index contributed by atoms with van der Waals surface area (Å²) in [6, 6.07) is 22.7. The average Bonchev–Trinajstić information content (AvgIpc) is 3.29. The molecule has 182 valence electrons. The Labute approximate surface area is 211 Å². The third kappa shape index (κ3) is 5.26. The quantitative estimate of drug-likeness (QED) is 0.226. The van der Waals surface area contributed by atoms with Gasteiger partial charge in [0.15, 0.2) is 10.9 Å². The summed E-state index contributed by atoms with van der Waals surface area (Å²) < 4.78 is 15.9. The van der Waals surface area contributed by atoms with E-state index in [0.717, 1.165) is 5.69 Å². The van der Waals surface area contributed by atoms with Crippen molar-refractivity contribution >= 4 is 28.4 Å². The zero-order valence-corrected chi connectivity index (χ0v) is 19.3. The van der Waals surface area contributed by atoms with Crippen LogP contribution in [0.3, 0.4) is 0 Å². The number of H-pyrrole nitrogens is 1. The van der Waals surface area contributed by atoms with Crippen molar-refractivity contribution in [2.45, 2.75) is 31.2 Å². The van der Waals surface area contributed by atoms with Gasteiger partial charge in [-0.1, -0.05) is 61.7 Å². The number of aryl methyl sites for hydroxylation is 1. The van der Waals surface area contributed by atoms with Gasteiger partial charge in [0.1, 0.15) is 17.5 Å². The molecule has 5 aromatic rings. The molecule has 0 saturated heterocycles. The number of hydrogen-bond donors (Lipinski definition) is 1. The van der Waals surface area contributed by atoms with Gasteiger partial charge in [0.2, 0.25) is 0 Å². The summed E-state index contributed by atoms with van der Waals surface area (Å²) in [6.07, 6.45) is 0.386. The zero-order chi connectivity index (χ0) is 24.2. The molecule has 36 heavy (non-hydrogen) atoms. The number of thioether (sulfide) groups is 1. The number of halogens is 1. The summed E-state index contributed by atoms with van der Waals surface area (Å²) in [5, 5.41) is 9.78. The molecule has 0 spiro atoms. The molecule has 0 aliphatic rings. The van der Waals surface area contributed by atoms with E-state index in [1.165, 1.54) is 23.9 Å². The molecule has 1 N–H and O–H groups in total. The number of carbonyl (C=O) groups is 1.